The molecule has 0 N–H and O–H groups in total. The van der Waals surface area contributed by atoms with Crippen LogP contribution in [0.2, 0.25) is 0 Å². The molecule has 2 heteroatoms. The molecule has 0 saturated heterocycles. The van der Waals surface area contributed by atoms with Gasteiger partial charge in [-0.1, -0.05) is 119 Å². The van der Waals surface area contributed by atoms with Crippen molar-refractivity contribution < 1.29 is 24.2 Å². The van der Waals surface area contributed by atoms with Gasteiger partial charge in [-0.3, -0.25) is 0 Å². The van der Waals surface area contributed by atoms with E-state index >= 15 is 0 Å². The van der Waals surface area contributed by atoms with E-state index < -0.39 is 54.0 Å². The average Bonchev–Trinajstić information content (AvgIpc) is 3.06. The van der Waals surface area contributed by atoms with Gasteiger partial charge in [-0.05, 0) is 102 Å². The summed E-state index contributed by atoms with van der Waals surface area (Å²) >= 11 is 0. The summed E-state index contributed by atoms with van der Waals surface area (Å²) in [6.45, 7) is 23.7. The Kier molecular flexibility index (Phi) is 8.30. The molecule has 2 aromatic carbocycles. The van der Waals surface area contributed by atoms with E-state index in [4.69, 9.17) is 15.1 Å². The van der Waals surface area contributed by atoms with Gasteiger partial charge in [-0.15, -0.1) is 0 Å². The fourth-order valence-electron chi connectivity index (χ4n) is 5.67. The van der Waals surface area contributed by atoms with Crippen LogP contribution in [-0.4, -0.2) is 0 Å². The Morgan fingerprint density at radius 2 is 0.898 bits per heavy atom. The molecule has 266 valence electrons. The molecule has 0 aliphatic carbocycles. The third kappa shape index (κ3) is 12.5. The van der Waals surface area contributed by atoms with Crippen molar-refractivity contribution in [2.24, 2.45) is 35.8 Å². The summed E-state index contributed by atoms with van der Waals surface area (Å²) in [4.78, 5) is 0. The summed E-state index contributed by atoms with van der Waals surface area (Å²) in [7, 11) is 3.71. The molecule has 2 nitrogen and oxygen atoms in total. The van der Waals surface area contributed by atoms with Gasteiger partial charge in [0.15, 0.2) is 12.4 Å². The second-order valence-corrected chi connectivity index (χ2v) is 17.5. The lowest BCUT2D eigenvalue weighted by Gasteiger charge is -2.24. The molecular formula is C47H70N2+2. The second kappa shape index (κ2) is 15.3. The first-order valence-electron chi connectivity index (χ1n) is 22.9. The average molecular weight is 674 g/mol. The Morgan fingerprint density at radius 1 is 0.510 bits per heavy atom. The molecule has 49 heavy (non-hydrogen) atoms. The minimum absolute atomic E-state index is 0.257. The number of aryl methyl sites for hydroxylation is 5. The molecule has 0 unspecified atom stereocenters. The molecule has 0 aliphatic rings. The highest BCUT2D eigenvalue weighted by atomic mass is 14.9. The Labute approximate surface area is 317 Å². The molecule has 0 bridgehead atoms. The first-order chi connectivity index (χ1) is 26.6. The van der Waals surface area contributed by atoms with E-state index in [-0.39, 0.29) is 5.56 Å². The molecule has 0 spiro atoms. The maximum atomic E-state index is 8.96. The van der Waals surface area contributed by atoms with Crippen molar-refractivity contribution in [3.05, 3.63) is 106 Å². The van der Waals surface area contributed by atoms with Gasteiger partial charge < -0.3 is 0 Å². The maximum absolute atomic E-state index is 8.96. The van der Waals surface area contributed by atoms with Gasteiger partial charge in [0.2, 0.25) is 11.4 Å². The van der Waals surface area contributed by atoms with Crippen LogP contribution in [0, 0.1) is 42.4 Å². The lowest BCUT2D eigenvalue weighted by atomic mass is 9.81. The number of aromatic nitrogens is 2. The Balaban J connectivity index is 0.000000323. The van der Waals surface area contributed by atoms with Crippen molar-refractivity contribution in [1.29, 1.82) is 0 Å². The number of rotatable bonds is 6. The lowest BCUT2D eigenvalue weighted by Crippen LogP contribution is -2.33. The number of hydrogen-bond donors (Lipinski definition) is 0. The van der Waals surface area contributed by atoms with E-state index in [9.17, 15) is 0 Å². The topological polar surface area (TPSA) is 7.76 Å². The first-order valence-corrected chi connectivity index (χ1v) is 17.4. The van der Waals surface area contributed by atoms with Crippen LogP contribution in [0.5, 0.6) is 0 Å². The Morgan fingerprint density at radius 3 is 1.27 bits per heavy atom. The quantitative estimate of drug-likeness (QED) is 0.180. The van der Waals surface area contributed by atoms with Crippen LogP contribution < -0.4 is 9.13 Å². The summed E-state index contributed by atoms with van der Waals surface area (Å²) in [5.41, 5.74) is 4.14. The van der Waals surface area contributed by atoms with Crippen LogP contribution in [0.1, 0.15) is 137 Å². The van der Waals surface area contributed by atoms with Gasteiger partial charge in [-0.2, -0.15) is 0 Å². The Hall–Kier alpha value is -3.26. The normalized spacial score (nSPS) is 17.3. The Bertz CT molecular complexity index is 2190. The van der Waals surface area contributed by atoms with Gasteiger partial charge in [0.1, 0.15) is 14.1 Å². The zero-order valence-electron chi connectivity index (χ0n) is 44.2. The van der Waals surface area contributed by atoms with E-state index in [0.717, 1.165) is 27.9 Å². The highest BCUT2D eigenvalue weighted by Gasteiger charge is 2.25. The van der Waals surface area contributed by atoms with E-state index in [1.165, 1.54) is 0 Å². The molecule has 0 saturated carbocycles. The third-order valence-electron chi connectivity index (χ3n) is 7.51. The SMILES string of the molecule is [2H]C([2H])([2H])c1ccc(-c2cc(C([2H])([2H])C(C)(C)C)c(C([2H])([2H])C(C)(C)C)c[n+]2C)c(C)c1.[2H]C([2H])(c1cc(-c2ccccc2C)[n+](C)cc1C([2H])([2H])C(C)(C)C)C(C)(C)C. The van der Waals surface area contributed by atoms with E-state index in [1.54, 1.807) is 41.2 Å². The van der Waals surface area contributed by atoms with Crippen LogP contribution in [0.25, 0.3) is 22.5 Å². The fourth-order valence-corrected chi connectivity index (χ4v) is 5.67. The number of benzene rings is 2. The van der Waals surface area contributed by atoms with E-state index in [1.807, 2.05) is 146 Å². The van der Waals surface area contributed by atoms with Gasteiger partial charge >= 0.3 is 0 Å². The van der Waals surface area contributed by atoms with Crippen molar-refractivity contribution >= 4 is 0 Å². The monoisotopic (exact) mass is 674 g/mol. The van der Waals surface area contributed by atoms with Gasteiger partial charge in [0.25, 0.3) is 0 Å². The van der Waals surface area contributed by atoms with Crippen molar-refractivity contribution in [3.8, 4) is 22.5 Å². The molecule has 4 rings (SSSR count). The van der Waals surface area contributed by atoms with Crippen molar-refractivity contribution in [1.82, 2.24) is 0 Å². The van der Waals surface area contributed by atoms with Crippen LogP contribution in [0.4, 0.5) is 0 Å². The minimum atomic E-state index is -2.20. The largest absolute Gasteiger partial charge is 0.212 e. The fraction of sp³-hybridized carbons (Fsp3) is 0.532. The van der Waals surface area contributed by atoms with Gasteiger partial charge in [0.05, 0.1) is 0 Å². The van der Waals surface area contributed by atoms with Crippen molar-refractivity contribution in [2.45, 2.75) is 129 Å². The van der Waals surface area contributed by atoms with Crippen LogP contribution in [0.15, 0.2) is 67.0 Å². The van der Waals surface area contributed by atoms with Gasteiger partial charge in [-0.25, -0.2) is 9.13 Å². The molecule has 0 amide bonds. The summed E-state index contributed by atoms with van der Waals surface area (Å²) in [6, 6.07) is 16.6. The molecule has 2 heterocycles. The standard InChI is InChI=1S/C24H36N.C23H34N/c1-17-10-11-21(18(2)12-17)22-13-19(14-23(3,4)5)20(16-25(22)9)15-24(6,7)8;1-17-11-9-10-12-20(17)21-13-18(14-22(2,3)4)19(16-24(21)8)15-23(5,6)7/h10-13,16H,14-15H2,1-9H3;9-13,16H,14-15H2,1-8H3/q2*+1/i1D3,14D2,15D2;14D2,15D2. The summed E-state index contributed by atoms with van der Waals surface area (Å²) < 4.78 is 97.9. The molecule has 0 radical (unpaired) electrons. The molecule has 0 atom stereocenters. The number of pyridine rings is 2. The molecular weight excluding hydrogens is 593 g/mol. The van der Waals surface area contributed by atoms with Gasteiger partial charge in [0, 0.05) is 49.5 Å². The molecule has 4 aromatic rings. The highest BCUT2D eigenvalue weighted by molar-refractivity contribution is 5.63. The molecule has 2 aromatic heterocycles. The summed E-state index contributed by atoms with van der Waals surface area (Å²) in [5.74, 6) is 0. The molecule has 0 fully saturated rings. The second-order valence-electron chi connectivity index (χ2n) is 17.5. The number of nitrogens with zero attached hydrogens (tertiary/aromatic N) is 2. The predicted octanol–water partition coefficient (Wildman–Crippen LogP) is 11.6. The van der Waals surface area contributed by atoms with E-state index in [2.05, 4.69) is 0 Å². The lowest BCUT2D eigenvalue weighted by molar-refractivity contribution is -0.661. The van der Waals surface area contributed by atoms with Crippen LogP contribution in [-0.2, 0) is 39.6 Å². The zero-order valence-corrected chi connectivity index (χ0v) is 33.2. The van der Waals surface area contributed by atoms with Crippen LogP contribution in [0.3, 0.4) is 0 Å². The van der Waals surface area contributed by atoms with Crippen molar-refractivity contribution in [2.75, 3.05) is 0 Å². The smallest absolute Gasteiger partial charge is 0.201 e. The maximum Gasteiger partial charge on any atom is 0.212 e. The zero-order chi connectivity index (χ0) is 46.8. The minimum Gasteiger partial charge on any atom is -0.201 e. The first kappa shape index (κ1) is 26.5. The summed E-state index contributed by atoms with van der Waals surface area (Å²) in [6.07, 6.45) is -3.51. The highest BCUT2D eigenvalue weighted by Crippen LogP contribution is 2.32. The summed E-state index contributed by atoms with van der Waals surface area (Å²) in [5, 5.41) is 0. The van der Waals surface area contributed by atoms with Crippen molar-refractivity contribution in [3.63, 3.8) is 0 Å². The van der Waals surface area contributed by atoms with Crippen LogP contribution >= 0.6 is 0 Å². The third-order valence-corrected chi connectivity index (χ3v) is 7.51. The number of hydrogen-bond acceptors (Lipinski definition) is 0. The molecule has 0 aliphatic heterocycles. The van der Waals surface area contributed by atoms with E-state index in [0.29, 0.717) is 27.9 Å². The predicted molar refractivity (Wildman–Crippen MR) is 213 cm³/mol.